The number of carbonyl (C=O) groups is 1. The number of nitrogens with one attached hydrogen (secondary N) is 2. The van der Waals surface area contributed by atoms with Crippen LogP contribution in [-0.4, -0.2) is 27.9 Å². The second kappa shape index (κ2) is 5.52. The number of hydrogen-bond acceptors (Lipinski definition) is 4. The maximum atomic E-state index is 11.7. The molecule has 2 aromatic rings. The fraction of sp³-hybridized carbons (Fsp3) is 0.462. The summed E-state index contributed by atoms with van der Waals surface area (Å²) in [5, 5.41) is 14.9. The number of carbonyl (C=O) groups excluding carboxylic acids is 1. The van der Waals surface area contributed by atoms with Crippen molar-refractivity contribution in [3.8, 4) is 0 Å². The molecule has 100 valence electrons. The van der Waals surface area contributed by atoms with Crippen LogP contribution in [0.15, 0.2) is 11.6 Å². The minimum atomic E-state index is -0.169. The second-order valence-electron chi connectivity index (χ2n) is 4.73. The molecule has 1 amide bonds. The number of hydrogen-bond donors (Lipinski definition) is 2. The molecule has 0 unspecified atom stereocenters. The van der Waals surface area contributed by atoms with Crippen molar-refractivity contribution in [3.05, 3.63) is 33.3 Å². The van der Waals surface area contributed by atoms with Gasteiger partial charge in [-0.25, -0.2) is 0 Å². The van der Waals surface area contributed by atoms with Gasteiger partial charge in [-0.05, 0) is 48.6 Å². The van der Waals surface area contributed by atoms with E-state index in [1.165, 1.54) is 43.0 Å². The average Bonchev–Trinajstić information content (AvgIpc) is 3.08. The van der Waals surface area contributed by atoms with Crippen molar-refractivity contribution in [3.63, 3.8) is 0 Å². The van der Waals surface area contributed by atoms with Crippen LogP contribution >= 0.6 is 11.3 Å². The molecule has 0 bridgehead atoms. The fourth-order valence-electron chi connectivity index (χ4n) is 2.48. The van der Waals surface area contributed by atoms with Gasteiger partial charge in [-0.15, -0.1) is 11.3 Å². The van der Waals surface area contributed by atoms with E-state index in [1.807, 2.05) is 11.3 Å². The predicted octanol–water partition coefficient (Wildman–Crippen LogP) is 1.72. The summed E-state index contributed by atoms with van der Waals surface area (Å²) in [6.45, 7) is 0.648. The molecule has 3 rings (SSSR count). The van der Waals surface area contributed by atoms with Gasteiger partial charge in [0.1, 0.15) is 0 Å². The topological polar surface area (TPSA) is 70.7 Å². The number of aryl methyl sites for hydroxylation is 1. The van der Waals surface area contributed by atoms with Crippen molar-refractivity contribution in [1.29, 1.82) is 0 Å². The van der Waals surface area contributed by atoms with Gasteiger partial charge >= 0.3 is 0 Å². The predicted molar refractivity (Wildman–Crippen MR) is 73.4 cm³/mol. The average molecular weight is 276 g/mol. The Kier molecular flexibility index (Phi) is 3.59. The van der Waals surface area contributed by atoms with Crippen LogP contribution in [0.3, 0.4) is 0 Å². The maximum absolute atomic E-state index is 11.7. The Labute approximate surface area is 115 Å². The highest BCUT2D eigenvalue weighted by atomic mass is 32.1. The van der Waals surface area contributed by atoms with Crippen molar-refractivity contribution in [2.45, 2.75) is 32.1 Å². The highest BCUT2D eigenvalue weighted by Gasteiger charge is 2.15. The SMILES string of the molecule is O=C(NCCc1csc2c1CCCC2)c1cn[nH]n1. The molecule has 1 aliphatic rings. The number of thiophene rings is 1. The Hall–Kier alpha value is -1.69. The molecule has 6 heteroatoms. The van der Waals surface area contributed by atoms with Gasteiger partial charge < -0.3 is 5.32 Å². The fourth-order valence-corrected chi connectivity index (χ4v) is 3.67. The summed E-state index contributed by atoms with van der Waals surface area (Å²) in [6, 6.07) is 0. The molecule has 0 aromatic carbocycles. The molecule has 0 spiro atoms. The molecule has 5 nitrogen and oxygen atoms in total. The van der Waals surface area contributed by atoms with Gasteiger partial charge in [0.2, 0.25) is 0 Å². The monoisotopic (exact) mass is 276 g/mol. The first-order valence-corrected chi connectivity index (χ1v) is 7.44. The molecule has 0 saturated heterocycles. The minimum Gasteiger partial charge on any atom is -0.350 e. The minimum absolute atomic E-state index is 0.169. The molecule has 0 saturated carbocycles. The number of aromatic amines is 1. The van der Waals surface area contributed by atoms with Gasteiger partial charge in [0.25, 0.3) is 5.91 Å². The van der Waals surface area contributed by atoms with Crippen LogP contribution in [0, 0.1) is 0 Å². The van der Waals surface area contributed by atoms with E-state index in [4.69, 9.17) is 0 Å². The zero-order valence-electron chi connectivity index (χ0n) is 10.6. The summed E-state index contributed by atoms with van der Waals surface area (Å²) in [6.07, 6.45) is 7.37. The highest BCUT2D eigenvalue weighted by Crippen LogP contribution is 2.30. The van der Waals surface area contributed by atoms with Gasteiger partial charge in [0, 0.05) is 11.4 Å². The molecule has 2 N–H and O–H groups in total. The van der Waals surface area contributed by atoms with E-state index in [0.29, 0.717) is 12.2 Å². The number of aromatic nitrogens is 3. The summed E-state index contributed by atoms with van der Waals surface area (Å²) in [7, 11) is 0. The molecule has 0 atom stereocenters. The third kappa shape index (κ3) is 2.68. The van der Waals surface area contributed by atoms with Crippen molar-refractivity contribution < 1.29 is 4.79 Å². The third-order valence-electron chi connectivity index (χ3n) is 3.48. The largest absolute Gasteiger partial charge is 0.350 e. The Bertz CT molecular complexity index is 561. The van der Waals surface area contributed by atoms with Crippen molar-refractivity contribution in [2.75, 3.05) is 6.54 Å². The molecule has 2 heterocycles. The summed E-state index contributed by atoms with van der Waals surface area (Å²) in [5.74, 6) is -0.169. The van der Waals surface area contributed by atoms with E-state index in [-0.39, 0.29) is 5.91 Å². The summed E-state index contributed by atoms with van der Waals surface area (Å²) >= 11 is 1.87. The normalized spacial score (nSPS) is 14.1. The number of nitrogens with zero attached hydrogens (tertiary/aromatic N) is 2. The molecular formula is C13H16N4OS. The zero-order chi connectivity index (χ0) is 13.1. The van der Waals surface area contributed by atoms with Crippen LogP contribution in [0.1, 0.15) is 39.3 Å². The van der Waals surface area contributed by atoms with Crippen molar-refractivity contribution in [1.82, 2.24) is 20.7 Å². The summed E-state index contributed by atoms with van der Waals surface area (Å²) < 4.78 is 0. The van der Waals surface area contributed by atoms with Crippen LogP contribution < -0.4 is 5.32 Å². The van der Waals surface area contributed by atoms with Crippen LogP contribution in [0.2, 0.25) is 0 Å². The van der Waals surface area contributed by atoms with E-state index in [9.17, 15) is 4.79 Å². The Morgan fingerprint density at radius 1 is 1.42 bits per heavy atom. The summed E-state index contributed by atoms with van der Waals surface area (Å²) in [4.78, 5) is 13.2. The van der Waals surface area contributed by atoms with Gasteiger partial charge in [-0.3, -0.25) is 4.79 Å². The first-order chi connectivity index (χ1) is 9.34. The smallest absolute Gasteiger partial charge is 0.273 e. The van der Waals surface area contributed by atoms with Gasteiger partial charge in [-0.1, -0.05) is 0 Å². The van der Waals surface area contributed by atoms with E-state index < -0.39 is 0 Å². The van der Waals surface area contributed by atoms with Crippen LogP contribution in [-0.2, 0) is 19.3 Å². The third-order valence-corrected chi connectivity index (χ3v) is 4.61. The first-order valence-electron chi connectivity index (χ1n) is 6.56. The quantitative estimate of drug-likeness (QED) is 0.893. The van der Waals surface area contributed by atoms with Gasteiger partial charge in [0.15, 0.2) is 5.69 Å². The molecule has 19 heavy (non-hydrogen) atoms. The van der Waals surface area contributed by atoms with Crippen molar-refractivity contribution in [2.24, 2.45) is 0 Å². The van der Waals surface area contributed by atoms with E-state index in [0.717, 1.165) is 6.42 Å². The van der Waals surface area contributed by atoms with Crippen molar-refractivity contribution >= 4 is 17.2 Å². The number of amides is 1. The van der Waals surface area contributed by atoms with Crippen LogP contribution in [0.25, 0.3) is 0 Å². The van der Waals surface area contributed by atoms with E-state index in [2.05, 4.69) is 26.1 Å². The zero-order valence-corrected chi connectivity index (χ0v) is 11.4. The number of rotatable bonds is 4. The number of fused-ring (bicyclic) bond motifs is 1. The van der Waals surface area contributed by atoms with Gasteiger partial charge in [0.05, 0.1) is 6.20 Å². The molecule has 0 fully saturated rings. The van der Waals surface area contributed by atoms with Gasteiger partial charge in [-0.2, -0.15) is 15.4 Å². The molecule has 1 aliphatic carbocycles. The first kappa shape index (κ1) is 12.3. The lowest BCUT2D eigenvalue weighted by molar-refractivity contribution is 0.0949. The lowest BCUT2D eigenvalue weighted by atomic mass is 9.95. The lowest BCUT2D eigenvalue weighted by Crippen LogP contribution is -2.26. The summed E-state index contributed by atoms with van der Waals surface area (Å²) in [5.41, 5.74) is 3.28. The molecule has 2 aromatic heterocycles. The standard InChI is InChI=1S/C13H16N4OS/c18-13(11-7-15-17-16-11)14-6-5-9-8-19-12-4-2-1-3-10(9)12/h7-8H,1-6H2,(H,14,18)(H,15,16,17). The Morgan fingerprint density at radius 3 is 3.16 bits per heavy atom. The highest BCUT2D eigenvalue weighted by molar-refractivity contribution is 7.10. The lowest BCUT2D eigenvalue weighted by Gasteiger charge is -2.12. The Balaban J connectivity index is 1.55. The maximum Gasteiger partial charge on any atom is 0.273 e. The van der Waals surface area contributed by atoms with Crippen LogP contribution in [0.4, 0.5) is 0 Å². The molecular weight excluding hydrogens is 260 g/mol. The Morgan fingerprint density at radius 2 is 2.32 bits per heavy atom. The second-order valence-corrected chi connectivity index (χ2v) is 5.70. The molecule has 0 aliphatic heterocycles. The van der Waals surface area contributed by atoms with Crippen LogP contribution in [0.5, 0.6) is 0 Å². The van der Waals surface area contributed by atoms with E-state index in [1.54, 1.807) is 4.88 Å². The number of H-pyrrole nitrogens is 1. The van der Waals surface area contributed by atoms with E-state index >= 15 is 0 Å². The molecule has 0 radical (unpaired) electrons.